The molecule has 30 heavy (non-hydrogen) atoms. The zero-order valence-corrected chi connectivity index (χ0v) is 16.9. The Morgan fingerprint density at radius 2 is 1.83 bits per heavy atom. The van der Waals surface area contributed by atoms with Crippen LogP contribution in [0.1, 0.15) is 34.8 Å². The molecule has 0 saturated carbocycles. The number of hydrogen-bond donors (Lipinski definition) is 0. The van der Waals surface area contributed by atoms with Crippen molar-refractivity contribution < 1.29 is 27.9 Å². The molecule has 0 saturated heterocycles. The number of fused-ring (bicyclic) bond motifs is 1. The summed E-state index contributed by atoms with van der Waals surface area (Å²) in [5.74, 6) is -0.939. The van der Waals surface area contributed by atoms with E-state index in [1.807, 2.05) is 0 Å². The van der Waals surface area contributed by atoms with E-state index in [0.29, 0.717) is 22.5 Å². The maximum atomic E-state index is 13.0. The Morgan fingerprint density at radius 1 is 1.13 bits per heavy atom. The highest BCUT2D eigenvalue weighted by molar-refractivity contribution is 6.00. The maximum Gasteiger partial charge on any atom is 0.339 e. The quantitative estimate of drug-likeness (QED) is 0.331. The highest BCUT2D eigenvalue weighted by Crippen LogP contribution is 2.24. The lowest BCUT2D eigenvalue weighted by molar-refractivity contribution is -0.146. The molecule has 0 N–H and O–H groups in total. The summed E-state index contributed by atoms with van der Waals surface area (Å²) in [4.78, 5) is 36.9. The summed E-state index contributed by atoms with van der Waals surface area (Å²) < 4.78 is 28.7. The molecule has 0 aliphatic carbocycles. The number of methoxy groups -OCH3 is 1. The maximum absolute atomic E-state index is 13.0. The molecule has 1 aromatic heterocycles. The minimum atomic E-state index is -1.02. The molecule has 0 amide bonds. The smallest absolute Gasteiger partial charge is 0.339 e. The Kier molecular flexibility index (Phi) is 6.30. The molecule has 6 nitrogen and oxygen atoms in total. The van der Waals surface area contributed by atoms with E-state index in [0.717, 1.165) is 5.39 Å². The number of rotatable bonds is 7. The van der Waals surface area contributed by atoms with Gasteiger partial charge in [-0.15, -0.1) is 0 Å². The lowest BCUT2D eigenvalue weighted by Crippen LogP contribution is -2.25. The van der Waals surface area contributed by atoms with Crippen LogP contribution in [0.2, 0.25) is 0 Å². The van der Waals surface area contributed by atoms with Gasteiger partial charge in [0.1, 0.15) is 17.1 Å². The molecular formula is C23H21FO6. The molecule has 0 radical (unpaired) electrons. The van der Waals surface area contributed by atoms with Crippen LogP contribution in [0, 0.1) is 12.7 Å². The van der Waals surface area contributed by atoms with Gasteiger partial charge in [-0.1, -0.05) is 0 Å². The van der Waals surface area contributed by atoms with Crippen molar-refractivity contribution >= 4 is 22.7 Å². The summed E-state index contributed by atoms with van der Waals surface area (Å²) in [5, 5.41) is 0.749. The molecule has 0 aliphatic heterocycles. The first-order chi connectivity index (χ1) is 14.3. The standard InChI is InChI=1S/C23H21FO6/c1-13-18-9-8-17(28-3)12-20(18)30-23(27)19(13)10-11-21(25)29-14(2)22(26)15-4-6-16(24)7-5-15/h4-9,12,14H,10-11H2,1-3H3/t14-/m1/s1. The van der Waals surface area contributed by atoms with Gasteiger partial charge in [0.15, 0.2) is 6.10 Å². The van der Waals surface area contributed by atoms with Crippen molar-refractivity contribution in [2.45, 2.75) is 32.8 Å². The van der Waals surface area contributed by atoms with Crippen molar-refractivity contribution in [2.75, 3.05) is 7.11 Å². The predicted molar refractivity (Wildman–Crippen MR) is 108 cm³/mol. The summed E-state index contributed by atoms with van der Waals surface area (Å²) in [6, 6.07) is 10.2. The van der Waals surface area contributed by atoms with E-state index in [1.54, 1.807) is 25.1 Å². The topological polar surface area (TPSA) is 82.8 Å². The Labute approximate surface area is 172 Å². The van der Waals surface area contributed by atoms with E-state index in [-0.39, 0.29) is 18.4 Å². The van der Waals surface area contributed by atoms with Crippen LogP contribution in [0.4, 0.5) is 4.39 Å². The van der Waals surface area contributed by atoms with Crippen molar-refractivity contribution in [3.63, 3.8) is 0 Å². The molecule has 3 aromatic rings. The number of benzene rings is 2. The second-order valence-electron chi connectivity index (χ2n) is 6.86. The minimum absolute atomic E-state index is 0.0890. The summed E-state index contributed by atoms with van der Waals surface area (Å²) in [6.45, 7) is 3.24. The third kappa shape index (κ3) is 4.56. The number of hydrogen-bond acceptors (Lipinski definition) is 6. The van der Waals surface area contributed by atoms with Crippen molar-refractivity contribution in [2.24, 2.45) is 0 Å². The minimum Gasteiger partial charge on any atom is -0.497 e. The summed E-state index contributed by atoms with van der Waals surface area (Å²) in [5.41, 5.74) is 1.21. The summed E-state index contributed by atoms with van der Waals surface area (Å²) in [6.07, 6.45) is -0.995. The second-order valence-corrected chi connectivity index (χ2v) is 6.86. The van der Waals surface area contributed by atoms with Crippen LogP contribution in [0.15, 0.2) is 51.7 Å². The van der Waals surface area contributed by atoms with Gasteiger partial charge in [-0.25, -0.2) is 9.18 Å². The molecule has 156 valence electrons. The second kappa shape index (κ2) is 8.90. The third-order valence-electron chi connectivity index (χ3n) is 4.88. The van der Waals surface area contributed by atoms with Crippen LogP contribution in [0.3, 0.4) is 0 Å². The molecule has 0 spiro atoms. The van der Waals surface area contributed by atoms with Gasteiger partial charge in [-0.05, 0) is 62.2 Å². The van der Waals surface area contributed by atoms with Gasteiger partial charge < -0.3 is 13.9 Å². The van der Waals surface area contributed by atoms with Crippen LogP contribution >= 0.6 is 0 Å². The Hall–Kier alpha value is -3.48. The number of halogens is 1. The van der Waals surface area contributed by atoms with Crippen LogP contribution in [-0.4, -0.2) is 25.0 Å². The molecular weight excluding hydrogens is 391 g/mol. The molecule has 7 heteroatoms. The number of Topliss-reactive ketones (excluding diaryl/α,β-unsaturated/α-hetero) is 1. The van der Waals surface area contributed by atoms with Gasteiger partial charge in [-0.2, -0.15) is 0 Å². The number of carbonyl (C=O) groups excluding carboxylic acids is 2. The number of ketones is 1. The Balaban J connectivity index is 1.68. The average Bonchev–Trinajstić information content (AvgIpc) is 2.73. The monoisotopic (exact) mass is 412 g/mol. The predicted octanol–water partition coefficient (Wildman–Crippen LogP) is 4.00. The van der Waals surface area contributed by atoms with Gasteiger partial charge >= 0.3 is 11.6 Å². The van der Waals surface area contributed by atoms with Gasteiger partial charge in [0, 0.05) is 29.0 Å². The van der Waals surface area contributed by atoms with Crippen LogP contribution in [-0.2, 0) is 16.0 Å². The summed E-state index contributed by atoms with van der Waals surface area (Å²) in [7, 11) is 1.52. The Morgan fingerprint density at radius 3 is 2.50 bits per heavy atom. The molecule has 0 unspecified atom stereocenters. The van der Waals surface area contributed by atoms with Crippen molar-refractivity contribution in [3.05, 3.63) is 75.4 Å². The lowest BCUT2D eigenvalue weighted by atomic mass is 10.0. The highest BCUT2D eigenvalue weighted by Gasteiger charge is 2.20. The van der Waals surface area contributed by atoms with Crippen molar-refractivity contribution in [1.29, 1.82) is 0 Å². The van der Waals surface area contributed by atoms with Crippen LogP contribution < -0.4 is 10.4 Å². The van der Waals surface area contributed by atoms with E-state index in [9.17, 15) is 18.8 Å². The van der Waals surface area contributed by atoms with Crippen LogP contribution in [0.25, 0.3) is 11.0 Å². The van der Waals surface area contributed by atoms with E-state index in [1.165, 1.54) is 38.3 Å². The normalized spacial score (nSPS) is 11.9. The highest BCUT2D eigenvalue weighted by atomic mass is 19.1. The first-order valence-electron chi connectivity index (χ1n) is 9.39. The van der Waals surface area contributed by atoms with E-state index in [2.05, 4.69) is 0 Å². The molecule has 1 heterocycles. The molecule has 0 aliphatic rings. The first-order valence-corrected chi connectivity index (χ1v) is 9.39. The number of aryl methyl sites for hydroxylation is 1. The molecule has 1 atom stereocenters. The summed E-state index contributed by atoms with van der Waals surface area (Å²) >= 11 is 0. The Bertz CT molecular complexity index is 1150. The molecule has 0 bridgehead atoms. The SMILES string of the molecule is COc1ccc2c(C)c(CCC(=O)O[C@H](C)C(=O)c3ccc(F)cc3)c(=O)oc2c1. The first kappa shape index (κ1) is 21.2. The lowest BCUT2D eigenvalue weighted by Gasteiger charge is -2.13. The van der Waals surface area contributed by atoms with Gasteiger partial charge in [0.05, 0.1) is 7.11 Å². The van der Waals surface area contributed by atoms with Crippen molar-refractivity contribution in [1.82, 2.24) is 0 Å². The fraction of sp³-hybridized carbons (Fsp3) is 0.261. The number of carbonyl (C=O) groups is 2. The average molecular weight is 412 g/mol. The van der Waals surface area contributed by atoms with E-state index >= 15 is 0 Å². The zero-order valence-electron chi connectivity index (χ0n) is 16.9. The number of ether oxygens (including phenoxy) is 2. The third-order valence-corrected chi connectivity index (χ3v) is 4.88. The molecule has 2 aromatic carbocycles. The van der Waals surface area contributed by atoms with Gasteiger partial charge in [-0.3, -0.25) is 9.59 Å². The zero-order chi connectivity index (χ0) is 21.8. The molecule has 3 rings (SSSR count). The van der Waals surface area contributed by atoms with Crippen LogP contribution in [0.5, 0.6) is 5.75 Å². The van der Waals surface area contributed by atoms with E-state index < -0.39 is 29.3 Å². The van der Waals surface area contributed by atoms with Gasteiger partial charge in [0.2, 0.25) is 5.78 Å². The number of esters is 1. The van der Waals surface area contributed by atoms with Gasteiger partial charge in [0.25, 0.3) is 0 Å². The fourth-order valence-electron chi connectivity index (χ4n) is 3.18. The molecule has 0 fully saturated rings. The fourth-order valence-corrected chi connectivity index (χ4v) is 3.18. The van der Waals surface area contributed by atoms with Crippen molar-refractivity contribution in [3.8, 4) is 5.75 Å². The van der Waals surface area contributed by atoms with E-state index in [4.69, 9.17) is 13.9 Å². The largest absolute Gasteiger partial charge is 0.497 e.